The minimum atomic E-state index is -0.457. The van der Waals surface area contributed by atoms with Gasteiger partial charge in [-0.3, -0.25) is 0 Å². The zero-order valence-electron chi connectivity index (χ0n) is 15.1. The molecule has 0 aliphatic carbocycles. The van der Waals surface area contributed by atoms with E-state index < -0.39 is 5.82 Å². The lowest BCUT2D eigenvalue weighted by Crippen LogP contribution is -2.25. The van der Waals surface area contributed by atoms with Crippen molar-refractivity contribution in [1.29, 1.82) is 0 Å². The summed E-state index contributed by atoms with van der Waals surface area (Å²) in [5, 5.41) is 7.67. The first-order valence-corrected chi connectivity index (χ1v) is 9.11. The minimum absolute atomic E-state index is 0.0555. The van der Waals surface area contributed by atoms with Crippen LogP contribution in [0, 0.1) is 11.7 Å². The van der Waals surface area contributed by atoms with Gasteiger partial charge >= 0.3 is 0 Å². The fourth-order valence-corrected chi connectivity index (χ4v) is 3.04. The van der Waals surface area contributed by atoms with Crippen LogP contribution >= 0.6 is 11.6 Å². The highest BCUT2D eigenvalue weighted by Gasteiger charge is 2.15. The number of hydrogen-bond acceptors (Lipinski definition) is 4. The zero-order chi connectivity index (χ0) is 18.7. The molecule has 136 valence electrons. The number of nitrogens with one attached hydrogen (secondary N) is 2. The smallest absolute Gasteiger partial charge is 0.229 e. The van der Waals surface area contributed by atoms with Crippen molar-refractivity contribution >= 4 is 40.0 Å². The van der Waals surface area contributed by atoms with Gasteiger partial charge in [-0.25, -0.2) is 9.37 Å². The molecule has 1 heterocycles. The van der Waals surface area contributed by atoms with E-state index in [0.29, 0.717) is 23.6 Å². The molecule has 0 bridgehead atoms. The number of para-hydroxylation sites is 1. The van der Waals surface area contributed by atoms with Crippen molar-refractivity contribution in [1.82, 2.24) is 9.97 Å². The Morgan fingerprint density at radius 1 is 1.12 bits per heavy atom. The Kier molecular flexibility index (Phi) is 5.57. The molecular formula is C20H22ClFN4. The monoisotopic (exact) mass is 372 g/mol. The number of hydrogen-bond donors (Lipinski definition) is 2. The SMILES string of the molecule is CCC(Nc1nc(Nc2ccc(F)c(Cl)c2)nc2ccccc12)C(C)C. The number of nitrogens with zero attached hydrogens (tertiary/aromatic N) is 2. The predicted molar refractivity (Wildman–Crippen MR) is 107 cm³/mol. The molecule has 0 aliphatic rings. The maximum absolute atomic E-state index is 13.4. The summed E-state index contributed by atoms with van der Waals surface area (Å²) in [6.45, 7) is 6.52. The quantitative estimate of drug-likeness (QED) is 0.556. The Bertz CT molecular complexity index is 913. The van der Waals surface area contributed by atoms with Crippen LogP contribution < -0.4 is 10.6 Å². The second-order valence-electron chi connectivity index (χ2n) is 6.57. The van der Waals surface area contributed by atoms with Crippen LogP contribution in [0.25, 0.3) is 10.9 Å². The first kappa shape index (κ1) is 18.4. The highest BCUT2D eigenvalue weighted by molar-refractivity contribution is 6.31. The fraction of sp³-hybridized carbons (Fsp3) is 0.300. The summed E-state index contributed by atoms with van der Waals surface area (Å²) in [6, 6.07) is 12.6. The molecule has 0 radical (unpaired) electrons. The molecule has 3 rings (SSSR count). The van der Waals surface area contributed by atoms with Crippen LogP contribution in [0.4, 0.5) is 21.8 Å². The molecule has 0 aliphatic heterocycles. The molecular weight excluding hydrogens is 351 g/mol. The Balaban J connectivity index is 1.99. The van der Waals surface area contributed by atoms with Crippen LogP contribution in [0.15, 0.2) is 42.5 Å². The van der Waals surface area contributed by atoms with Gasteiger partial charge in [-0.2, -0.15) is 4.98 Å². The van der Waals surface area contributed by atoms with E-state index >= 15 is 0 Å². The van der Waals surface area contributed by atoms with Gasteiger partial charge in [-0.1, -0.05) is 44.5 Å². The van der Waals surface area contributed by atoms with E-state index in [4.69, 9.17) is 11.6 Å². The molecule has 6 heteroatoms. The summed E-state index contributed by atoms with van der Waals surface area (Å²) in [5.41, 5.74) is 1.47. The number of aromatic nitrogens is 2. The standard InChI is InChI=1S/C20H22ClFN4/c1-4-17(12(2)3)24-19-14-7-5-6-8-18(14)25-20(26-19)23-13-9-10-16(22)15(21)11-13/h5-12,17H,4H2,1-3H3,(H2,23,24,25,26). The van der Waals surface area contributed by atoms with E-state index in [2.05, 4.69) is 41.4 Å². The van der Waals surface area contributed by atoms with E-state index in [-0.39, 0.29) is 5.02 Å². The Hall–Kier alpha value is -2.40. The van der Waals surface area contributed by atoms with Gasteiger partial charge in [0.15, 0.2) is 0 Å². The molecule has 0 fully saturated rings. The summed E-state index contributed by atoms with van der Waals surface area (Å²) in [4.78, 5) is 9.21. The molecule has 26 heavy (non-hydrogen) atoms. The van der Waals surface area contributed by atoms with Crippen molar-refractivity contribution in [2.24, 2.45) is 5.92 Å². The second-order valence-corrected chi connectivity index (χ2v) is 6.98. The Morgan fingerprint density at radius 3 is 2.58 bits per heavy atom. The van der Waals surface area contributed by atoms with Gasteiger partial charge in [0.25, 0.3) is 0 Å². The molecule has 2 aromatic carbocycles. The maximum atomic E-state index is 13.4. The van der Waals surface area contributed by atoms with E-state index in [1.165, 1.54) is 12.1 Å². The van der Waals surface area contributed by atoms with Crippen molar-refractivity contribution in [3.63, 3.8) is 0 Å². The first-order chi connectivity index (χ1) is 12.5. The summed E-state index contributed by atoms with van der Waals surface area (Å²) in [7, 11) is 0. The van der Waals surface area contributed by atoms with Crippen molar-refractivity contribution in [2.75, 3.05) is 10.6 Å². The third-order valence-electron chi connectivity index (χ3n) is 4.35. The lowest BCUT2D eigenvalue weighted by atomic mass is 10.0. The van der Waals surface area contributed by atoms with Gasteiger partial charge in [0.05, 0.1) is 10.5 Å². The van der Waals surface area contributed by atoms with Gasteiger partial charge in [-0.15, -0.1) is 0 Å². The lowest BCUT2D eigenvalue weighted by Gasteiger charge is -2.22. The number of halogens is 2. The van der Waals surface area contributed by atoms with E-state index in [1.54, 1.807) is 6.07 Å². The molecule has 1 atom stereocenters. The number of rotatable bonds is 6. The van der Waals surface area contributed by atoms with Crippen LogP contribution in [0.5, 0.6) is 0 Å². The summed E-state index contributed by atoms with van der Waals surface area (Å²) in [6.07, 6.45) is 0.992. The molecule has 0 saturated carbocycles. The van der Waals surface area contributed by atoms with E-state index in [9.17, 15) is 4.39 Å². The van der Waals surface area contributed by atoms with Crippen LogP contribution in [-0.4, -0.2) is 16.0 Å². The molecule has 3 aromatic rings. The lowest BCUT2D eigenvalue weighted by molar-refractivity contribution is 0.510. The van der Waals surface area contributed by atoms with Gasteiger partial charge in [-0.05, 0) is 42.7 Å². The van der Waals surface area contributed by atoms with Crippen LogP contribution in [-0.2, 0) is 0 Å². The van der Waals surface area contributed by atoms with Gasteiger partial charge < -0.3 is 10.6 Å². The molecule has 0 spiro atoms. The van der Waals surface area contributed by atoms with Crippen LogP contribution in [0.2, 0.25) is 5.02 Å². The highest BCUT2D eigenvalue weighted by Crippen LogP contribution is 2.27. The van der Waals surface area contributed by atoms with Crippen molar-refractivity contribution < 1.29 is 4.39 Å². The van der Waals surface area contributed by atoms with Crippen LogP contribution in [0.3, 0.4) is 0 Å². The average Bonchev–Trinajstić information content (AvgIpc) is 2.62. The largest absolute Gasteiger partial charge is 0.366 e. The van der Waals surface area contributed by atoms with E-state index in [0.717, 1.165) is 23.1 Å². The van der Waals surface area contributed by atoms with Gasteiger partial charge in [0.2, 0.25) is 5.95 Å². The molecule has 2 N–H and O–H groups in total. The summed E-state index contributed by atoms with van der Waals surface area (Å²) < 4.78 is 13.4. The number of benzene rings is 2. The van der Waals surface area contributed by atoms with Crippen molar-refractivity contribution in [2.45, 2.75) is 33.2 Å². The zero-order valence-corrected chi connectivity index (χ0v) is 15.8. The van der Waals surface area contributed by atoms with Crippen molar-refractivity contribution in [3.8, 4) is 0 Å². The van der Waals surface area contributed by atoms with Crippen LogP contribution in [0.1, 0.15) is 27.2 Å². The third-order valence-corrected chi connectivity index (χ3v) is 4.64. The fourth-order valence-electron chi connectivity index (χ4n) is 2.86. The highest BCUT2D eigenvalue weighted by atomic mass is 35.5. The number of anilines is 3. The predicted octanol–water partition coefficient (Wildman–Crippen LogP) is 6.01. The molecule has 4 nitrogen and oxygen atoms in total. The van der Waals surface area contributed by atoms with E-state index in [1.807, 2.05) is 24.3 Å². The third kappa shape index (κ3) is 4.05. The molecule has 1 unspecified atom stereocenters. The maximum Gasteiger partial charge on any atom is 0.229 e. The Morgan fingerprint density at radius 2 is 1.88 bits per heavy atom. The minimum Gasteiger partial charge on any atom is -0.366 e. The average molecular weight is 373 g/mol. The Labute approximate surface area is 157 Å². The summed E-state index contributed by atoms with van der Waals surface area (Å²) in [5.74, 6) is 1.24. The molecule has 1 aromatic heterocycles. The normalized spacial score (nSPS) is 12.4. The molecule has 0 amide bonds. The topological polar surface area (TPSA) is 49.8 Å². The van der Waals surface area contributed by atoms with Gasteiger partial charge in [0.1, 0.15) is 11.6 Å². The first-order valence-electron chi connectivity index (χ1n) is 8.73. The molecule has 0 saturated heterocycles. The van der Waals surface area contributed by atoms with Gasteiger partial charge in [0, 0.05) is 17.1 Å². The summed E-state index contributed by atoms with van der Waals surface area (Å²) >= 11 is 5.86. The second kappa shape index (κ2) is 7.87. The van der Waals surface area contributed by atoms with Crippen molar-refractivity contribution in [3.05, 3.63) is 53.3 Å². The number of fused-ring (bicyclic) bond motifs is 1.